The molecule has 2 aromatic rings. The summed E-state index contributed by atoms with van der Waals surface area (Å²) in [4.78, 5) is 12.7. The minimum absolute atomic E-state index is 0.0388. The molecule has 0 heterocycles. The lowest BCUT2D eigenvalue weighted by molar-refractivity contribution is -0.141. The molecule has 26 heavy (non-hydrogen) atoms. The van der Waals surface area contributed by atoms with Crippen LogP contribution < -0.4 is 0 Å². The van der Waals surface area contributed by atoms with Crippen LogP contribution in [0.5, 0.6) is 0 Å². The predicted molar refractivity (Wildman–Crippen MR) is 104 cm³/mol. The second-order valence-corrected chi connectivity index (χ2v) is 6.69. The van der Waals surface area contributed by atoms with Gasteiger partial charge < -0.3 is 4.74 Å². The minimum Gasteiger partial charge on any atom is -0.461 e. The Morgan fingerprint density at radius 3 is 1.81 bits per heavy atom. The Balaban J connectivity index is 2.46. The van der Waals surface area contributed by atoms with Crippen molar-refractivity contribution in [2.45, 2.75) is 33.6 Å². The summed E-state index contributed by atoms with van der Waals surface area (Å²) >= 11 is 0. The molecule has 3 nitrogen and oxygen atoms in total. The van der Waals surface area contributed by atoms with Crippen LogP contribution in [-0.2, 0) is 9.53 Å². The maximum atomic E-state index is 12.7. The van der Waals surface area contributed by atoms with Crippen LogP contribution in [0.2, 0.25) is 0 Å². The molecule has 134 valence electrons. The van der Waals surface area contributed by atoms with E-state index < -0.39 is 5.97 Å². The summed E-state index contributed by atoms with van der Waals surface area (Å²) in [6.45, 7) is 6.56. The highest BCUT2D eigenvalue weighted by atomic mass is 16.5. The van der Waals surface area contributed by atoms with Gasteiger partial charge in [0.25, 0.3) is 0 Å². The van der Waals surface area contributed by atoms with Crippen molar-refractivity contribution in [2.75, 3.05) is 6.61 Å². The van der Waals surface area contributed by atoms with Crippen LogP contribution in [0.15, 0.2) is 66.2 Å². The molecule has 0 N–H and O–H groups in total. The largest absolute Gasteiger partial charge is 0.461 e. The van der Waals surface area contributed by atoms with E-state index in [0.717, 1.165) is 24.0 Å². The molecule has 0 aliphatic carbocycles. The summed E-state index contributed by atoms with van der Waals surface area (Å²) < 4.78 is 5.55. The van der Waals surface area contributed by atoms with Gasteiger partial charge >= 0.3 is 5.97 Å². The van der Waals surface area contributed by atoms with Gasteiger partial charge in [0.1, 0.15) is 11.6 Å². The van der Waals surface area contributed by atoms with Crippen LogP contribution in [-0.4, -0.2) is 12.6 Å². The zero-order valence-corrected chi connectivity index (χ0v) is 15.7. The smallest absolute Gasteiger partial charge is 0.349 e. The average Bonchev–Trinajstić information content (AvgIpc) is 2.71. The fourth-order valence-electron chi connectivity index (χ4n) is 2.63. The summed E-state index contributed by atoms with van der Waals surface area (Å²) in [6.07, 6.45) is 1.82. The molecule has 0 aliphatic heterocycles. The molecule has 0 aliphatic rings. The fourth-order valence-corrected chi connectivity index (χ4v) is 2.63. The Bertz CT molecular complexity index is 756. The van der Waals surface area contributed by atoms with Crippen LogP contribution in [0.25, 0.3) is 5.57 Å². The first-order valence-corrected chi connectivity index (χ1v) is 8.97. The quantitative estimate of drug-likeness (QED) is 0.384. The molecular formula is C23H25NO2. The van der Waals surface area contributed by atoms with Gasteiger partial charge in [-0.2, -0.15) is 5.26 Å². The maximum Gasteiger partial charge on any atom is 0.349 e. The van der Waals surface area contributed by atoms with E-state index in [-0.39, 0.29) is 11.0 Å². The lowest BCUT2D eigenvalue weighted by Gasteiger charge is -2.25. The molecule has 0 saturated carbocycles. The number of nitriles is 1. The van der Waals surface area contributed by atoms with Gasteiger partial charge in [-0.15, -0.1) is 0 Å². The van der Waals surface area contributed by atoms with Crippen molar-refractivity contribution in [1.82, 2.24) is 0 Å². The molecule has 0 aromatic heterocycles. The molecule has 0 unspecified atom stereocenters. The molecule has 2 aromatic carbocycles. The van der Waals surface area contributed by atoms with Crippen molar-refractivity contribution >= 4 is 11.5 Å². The molecule has 2 rings (SSSR count). The van der Waals surface area contributed by atoms with E-state index in [1.165, 1.54) is 0 Å². The van der Waals surface area contributed by atoms with Gasteiger partial charge in [0.15, 0.2) is 0 Å². The SMILES string of the molecule is CCC(C)(CC)COC(=O)C(C#N)=C(c1ccccc1)c1ccccc1. The van der Waals surface area contributed by atoms with Crippen LogP contribution in [0.1, 0.15) is 44.7 Å². The first-order valence-electron chi connectivity index (χ1n) is 8.97. The number of carbonyl (C=O) groups excluding carboxylic acids is 1. The third kappa shape index (κ3) is 4.61. The summed E-state index contributed by atoms with van der Waals surface area (Å²) in [7, 11) is 0. The first-order chi connectivity index (χ1) is 12.5. The van der Waals surface area contributed by atoms with Crippen molar-refractivity contribution in [3.8, 4) is 6.07 Å². The molecule has 0 atom stereocenters. The predicted octanol–water partition coefficient (Wildman–Crippen LogP) is 5.38. The fraction of sp³-hybridized carbons (Fsp3) is 0.304. The van der Waals surface area contributed by atoms with E-state index in [2.05, 4.69) is 26.8 Å². The number of benzene rings is 2. The van der Waals surface area contributed by atoms with Crippen molar-refractivity contribution in [3.05, 3.63) is 77.4 Å². The van der Waals surface area contributed by atoms with Crippen molar-refractivity contribution < 1.29 is 9.53 Å². The number of rotatable bonds is 7. The number of ether oxygens (including phenoxy) is 1. The van der Waals surface area contributed by atoms with Crippen molar-refractivity contribution in [2.24, 2.45) is 5.41 Å². The Morgan fingerprint density at radius 1 is 0.962 bits per heavy atom. The van der Waals surface area contributed by atoms with Gasteiger partial charge in [-0.05, 0) is 24.0 Å². The molecule has 0 fully saturated rings. The van der Waals surface area contributed by atoms with Crippen molar-refractivity contribution in [1.29, 1.82) is 5.26 Å². The third-order valence-corrected chi connectivity index (χ3v) is 4.95. The standard InChI is InChI=1S/C23H25NO2/c1-4-23(3,5-2)17-26-22(25)20(16-24)21(18-12-8-6-9-13-18)19-14-10-7-11-15-19/h6-15H,4-5,17H2,1-3H3. The number of hydrogen-bond acceptors (Lipinski definition) is 3. The second kappa shape index (κ2) is 9.01. The van der Waals surface area contributed by atoms with Gasteiger partial charge in [0.05, 0.1) is 6.61 Å². The summed E-state index contributed by atoms with van der Waals surface area (Å²) in [5.41, 5.74) is 2.21. The molecule has 0 saturated heterocycles. The van der Waals surface area contributed by atoms with Crippen LogP contribution in [0, 0.1) is 16.7 Å². The lowest BCUT2D eigenvalue weighted by atomic mass is 9.86. The van der Waals surface area contributed by atoms with E-state index in [1.54, 1.807) is 0 Å². The zero-order valence-electron chi connectivity index (χ0n) is 15.7. The topological polar surface area (TPSA) is 50.1 Å². The maximum absolute atomic E-state index is 12.7. The van der Waals surface area contributed by atoms with E-state index in [9.17, 15) is 10.1 Å². The van der Waals surface area contributed by atoms with E-state index in [1.807, 2.05) is 60.7 Å². The minimum atomic E-state index is -0.566. The summed E-state index contributed by atoms with van der Waals surface area (Å²) in [6, 6.07) is 21.1. The molecule has 3 heteroatoms. The first kappa shape index (κ1) is 19.5. The highest BCUT2D eigenvalue weighted by Crippen LogP contribution is 2.29. The van der Waals surface area contributed by atoms with Crippen LogP contribution >= 0.6 is 0 Å². The van der Waals surface area contributed by atoms with E-state index in [0.29, 0.717) is 12.2 Å². The Kier molecular flexibility index (Phi) is 6.74. The summed E-state index contributed by atoms with van der Waals surface area (Å²) in [5.74, 6) is -0.566. The Morgan fingerprint density at radius 2 is 1.42 bits per heavy atom. The zero-order chi connectivity index (χ0) is 19.0. The van der Waals surface area contributed by atoms with Gasteiger partial charge in [-0.25, -0.2) is 4.79 Å². The Hall–Kier alpha value is -2.86. The monoisotopic (exact) mass is 347 g/mol. The van der Waals surface area contributed by atoms with Gasteiger partial charge in [0.2, 0.25) is 0 Å². The van der Waals surface area contributed by atoms with Gasteiger partial charge in [-0.1, -0.05) is 81.4 Å². The normalized spacial score (nSPS) is 10.7. The molecule has 0 amide bonds. The highest BCUT2D eigenvalue weighted by Gasteiger charge is 2.25. The van der Waals surface area contributed by atoms with Crippen LogP contribution in [0.3, 0.4) is 0 Å². The van der Waals surface area contributed by atoms with E-state index >= 15 is 0 Å². The van der Waals surface area contributed by atoms with Gasteiger partial charge in [-0.3, -0.25) is 0 Å². The highest BCUT2D eigenvalue weighted by molar-refractivity contribution is 6.05. The number of esters is 1. The van der Waals surface area contributed by atoms with Crippen molar-refractivity contribution in [3.63, 3.8) is 0 Å². The number of nitrogens with zero attached hydrogens (tertiary/aromatic N) is 1. The molecular weight excluding hydrogens is 322 g/mol. The average molecular weight is 347 g/mol. The van der Waals surface area contributed by atoms with Crippen LogP contribution in [0.4, 0.5) is 0 Å². The number of carbonyl (C=O) groups is 1. The number of hydrogen-bond donors (Lipinski definition) is 0. The second-order valence-electron chi connectivity index (χ2n) is 6.69. The molecule has 0 spiro atoms. The Labute approximate surface area is 155 Å². The lowest BCUT2D eigenvalue weighted by Crippen LogP contribution is -2.24. The third-order valence-electron chi connectivity index (χ3n) is 4.95. The van der Waals surface area contributed by atoms with E-state index in [4.69, 9.17) is 4.74 Å². The summed E-state index contributed by atoms with van der Waals surface area (Å²) in [5, 5.41) is 9.72. The molecule has 0 radical (unpaired) electrons. The van der Waals surface area contributed by atoms with Gasteiger partial charge in [0, 0.05) is 11.0 Å². The molecule has 0 bridgehead atoms.